The van der Waals surface area contributed by atoms with Crippen LogP contribution in [-0.2, 0) is 6.54 Å². The van der Waals surface area contributed by atoms with Crippen LogP contribution in [0.3, 0.4) is 0 Å². The number of nitrogens with one attached hydrogen (secondary N) is 1. The molecule has 24 heavy (non-hydrogen) atoms. The van der Waals surface area contributed by atoms with E-state index in [1.165, 1.54) is 17.4 Å². The van der Waals surface area contributed by atoms with E-state index in [-0.39, 0.29) is 22.9 Å². The van der Waals surface area contributed by atoms with E-state index in [4.69, 9.17) is 5.73 Å². The monoisotopic (exact) mass is 335 g/mol. The molecule has 0 saturated heterocycles. The summed E-state index contributed by atoms with van der Waals surface area (Å²) in [7, 11) is 0. The zero-order valence-corrected chi connectivity index (χ0v) is 13.4. The minimum atomic E-state index is -0.355. The minimum absolute atomic E-state index is 0.177. The topological polar surface area (TPSA) is 105 Å². The molecule has 0 atom stereocenters. The molecule has 7 heteroatoms. The molecule has 0 bridgehead atoms. The summed E-state index contributed by atoms with van der Waals surface area (Å²) >= 11 is 1.48. The quantitative estimate of drug-likeness (QED) is 0.762. The van der Waals surface area contributed by atoms with E-state index in [1.54, 1.807) is 18.5 Å². The van der Waals surface area contributed by atoms with Crippen LogP contribution in [0.25, 0.3) is 11.3 Å². The molecular weight excluding hydrogens is 322 g/mol. The van der Waals surface area contributed by atoms with Gasteiger partial charge in [-0.15, -0.1) is 0 Å². The highest BCUT2D eigenvalue weighted by Gasteiger charge is 2.16. The first-order valence-corrected chi connectivity index (χ1v) is 8.03. The van der Waals surface area contributed by atoms with Gasteiger partial charge in [-0.1, -0.05) is 6.07 Å². The van der Waals surface area contributed by atoms with E-state index in [2.05, 4.69) is 21.4 Å². The summed E-state index contributed by atoms with van der Waals surface area (Å²) in [5.74, 6) is -0.355. The highest BCUT2D eigenvalue weighted by atomic mass is 32.1. The SMILES string of the molecule is N#Cc1c(N)cc(C(=O)NCc2cccnc2)nc1-c1ccsc1. The molecule has 6 nitrogen and oxygen atoms in total. The second-order valence-corrected chi connectivity index (χ2v) is 5.77. The average Bonchev–Trinajstić information content (AvgIpc) is 3.14. The highest BCUT2D eigenvalue weighted by Crippen LogP contribution is 2.27. The zero-order chi connectivity index (χ0) is 16.9. The third-order valence-corrected chi connectivity index (χ3v) is 4.05. The normalized spacial score (nSPS) is 10.1. The summed E-state index contributed by atoms with van der Waals surface area (Å²) in [4.78, 5) is 20.7. The molecule has 3 heterocycles. The van der Waals surface area contributed by atoms with Crippen molar-refractivity contribution < 1.29 is 4.79 Å². The van der Waals surface area contributed by atoms with Crippen molar-refractivity contribution in [1.82, 2.24) is 15.3 Å². The fraction of sp³-hybridized carbons (Fsp3) is 0.0588. The molecule has 0 saturated carbocycles. The summed E-state index contributed by atoms with van der Waals surface area (Å²) < 4.78 is 0. The van der Waals surface area contributed by atoms with Crippen LogP contribution in [0, 0.1) is 11.3 Å². The van der Waals surface area contributed by atoms with Crippen molar-refractivity contribution in [2.24, 2.45) is 0 Å². The Bertz CT molecular complexity index is 901. The van der Waals surface area contributed by atoms with Crippen molar-refractivity contribution in [1.29, 1.82) is 5.26 Å². The van der Waals surface area contributed by atoms with Crippen molar-refractivity contribution in [2.75, 3.05) is 5.73 Å². The number of nitriles is 1. The number of amides is 1. The lowest BCUT2D eigenvalue weighted by Gasteiger charge is -2.09. The van der Waals surface area contributed by atoms with Crippen molar-refractivity contribution >= 4 is 22.9 Å². The number of carbonyl (C=O) groups is 1. The molecule has 118 valence electrons. The molecule has 3 aromatic heterocycles. The number of nitrogens with two attached hydrogens (primary N) is 1. The molecule has 1 amide bonds. The third kappa shape index (κ3) is 3.24. The lowest BCUT2D eigenvalue weighted by molar-refractivity contribution is 0.0946. The number of anilines is 1. The lowest BCUT2D eigenvalue weighted by atomic mass is 10.1. The van der Waals surface area contributed by atoms with Crippen molar-refractivity contribution in [3.8, 4) is 17.3 Å². The molecule has 0 spiro atoms. The van der Waals surface area contributed by atoms with Gasteiger partial charge in [0, 0.05) is 29.9 Å². The minimum Gasteiger partial charge on any atom is -0.398 e. The van der Waals surface area contributed by atoms with Crippen molar-refractivity contribution in [2.45, 2.75) is 6.54 Å². The van der Waals surface area contributed by atoms with E-state index in [0.717, 1.165) is 11.1 Å². The molecule has 0 radical (unpaired) electrons. The van der Waals surface area contributed by atoms with Gasteiger partial charge in [-0.3, -0.25) is 9.78 Å². The van der Waals surface area contributed by atoms with Gasteiger partial charge in [0.25, 0.3) is 5.91 Å². The molecule has 0 unspecified atom stereocenters. The van der Waals surface area contributed by atoms with Crippen LogP contribution in [0.1, 0.15) is 21.6 Å². The number of aromatic nitrogens is 2. The Balaban J connectivity index is 1.88. The van der Waals surface area contributed by atoms with Gasteiger partial charge in [0.15, 0.2) is 0 Å². The van der Waals surface area contributed by atoms with Gasteiger partial charge >= 0.3 is 0 Å². The zero-order valence-electron chi connectivity index (χ0n) is 12.6. The summed E-state index contributed by atoms with van der Waals surface area (Å²) in [6, 6.07) is 8.98. The van der Waals surface area contributed by atoms with E-state index in [1.807, 2.05) is 22.9 Å². The molecule has 0 aromatic carbocycles. The van der Waals surface area contributed by atoms with E-state index in [0.29, 0.717) is 12.2 Å². The Hall–Kier alpha value is -3.24. The van der Waals surface area contributed by atoms with Crippen LogP contribution in [0.15, 0.2) is 47.4 Å². The summed E-state index contributed by atoms with van der Waals surface area (Å²) in [5.41, 5.74) is 8.69. The van der Waals surface area contributed by atoms with Crippen LogP contribution >= 0.6 is 11.3 Å². The van der Waals surface area contributed by atoms with Crippen LogP contribution in [-0.4, -0.2) is 15.9 Å². The van der Waals surface area contributed by atoms with Crippen LogP contribution in [0.2, 0.25) is 0 Å². The Kier molecular flexibility index (Phi) is 4.50. The summed E-state index contributed by atoms with van der Waals surface area (Å²) in [5, 5.41) is 15.8. The maximum Gasteiger partial charge on any atom is 0.270 e. The van der Waals surface area contributed by atoms with Gasteiger partial charge in [0.05, 0.1) is 11.4 Å². The fourth-order valence-electron chi connectivity index (χ4n) is 2.18. The van der Waals surface area contributed by atoms with Crippen molar-refractivity contribution in [3.05, 3.63) is 64.2 Å². The van der Waals surface area contributed by atoms with Gasteiger partial charge in [0.2, 0.25) is 0 Å². The van der Waals surface area contributed by atoms with Crippen LogP contribution < -0.4 is 11.1 Å². The number of carbonyl (C=O) groups excluding carboxylic acids is 1. The predicted octanol–water partition coefficient (Wildman–Crippen LogP) is 2.59. The molecule has 3 aromatic rings. The van der Waals surface area contributed by atoms with E-state index >= 15 is 0 Å². The molecular formula is C17H13N5OS. The number of rotatable bonds is 4. The summed E-state index contributed by atoms with van der Waals surface area (Å²) in [6.45, 7) is 0.335. The van der Waals surface area contributed by atoms with Gasteiger partial charge in [-0.2, -0.15) is 16.6 Å². The van der Waals surface area contributed by atoms with Gasteiger partial charge in [0.1, 0.15) is 17.3 Å². The maximum atomic E-state index is 12.4. The standard InChI is InChI=1S/C17H13N5OS/c18-7-13-14(19)6-15(22-16(13)12-3-5-24-10-12)17(23)21-9-11-2-1-4-20-8-11/h1-6,8,10H,9H2,(H2,19,22)(H,21,23). The summed E-state index contributed by atoms with van der Waals surface area (Å²) in [6.07, 6.45) is 3.35. The van der Waals surface area contributed by atoms with E-state index < -0.39 is 0 Å². The number of pyridine rings is 2. The van der Waals surface area contributed by atoms with E-state index in [9.17, 15) is 10.1 Å². The first-order chi connectivity index (χ1) is 11.7. The number of nitrogens with zero attached hydrogens (tertiary/aromatic N) is 3. The predicted molar refractivity (Wildman–Crippen MR) is 92.1 cm³/mol. The Morgan fingerprint density at radius 3 is 2.96 bits per heavy atom. The molecule has 0 aliphatic rings. The lowest BCUT2D eigenvalue weighted by Crippen LogP contribution is -2.24. The average molecular weight is 335 g/mol. The largest absolute Gasteiger partial charge is 0.398 e. The molecule has 0 aliphatic heterocycles. The smallest absolute Gasteiger partial charge is 0.270 e. The first kappa shape index (κ1) is 15.6. The first-order valence-electron chi connectivity index (χ1n) is 7.09. The second kappa shape index (κ2) is 6.89. The van der Waals surface area contributed by atoms with Gasteiger partial charge in [-0.05, 0) is 29.1 Å². The highest BCUT2D eigenvalue weighted by molar-refractivity contribution is 7.08. The molecule has 0 aliphatic carbocycles. The Morgan fingerprint density at radius 1 is 1.42 bits per heavy atom. The van der Waals surface area contributed by atoms with Crippen molar-refractivity contribution in [3.63, 3.8) is 0 Å². The van der Waals surface area contributed by atoms with Crippen LogP contribution in [0.5, 0.6) is 0 Å². The third-order valence-electron chi connectivity index (χ3n) is 3.36. The van der Waals surface area contributed by atoms with Gasteiger partial charge < -0.3 is 11.1 Å². The Morgan fingerprint density at radius 2 is 2.29 bits per heavy atom. The maximum absolute atomic E-state index is 12.4. The molecule has 3 N–H and O–H groups in total. The number of nitrogen functional groups attached to an aromatic ring is 1. The molecule has 3 rings (SSSR count). The van der Waals surface area contributed by atoms with Gasteiger partial charge in [-0.25, -0.2) is 4.98 Å². The number of hydrogen-bond donors (Lipinski definition) is 2. The number of thiophene rings is 1. The Labute approximate surface area is 142 Å². The molecule has 0 fully saturated rings. The number of hydrogen-bond acceptors (Lipinski definition) is 6. The second-order valence-electron chi connectivity index (χ2n) is 4.99. The van der Waals surface area contributed by atoms with Crippen LogP contribution in [0.4, 0.5) is 5.69 Å². The fourth-order valence-corrected chi connectivity index (χ4v) is 2.82.